The predicted octanol–water partition coefficient (Wildman–Crippen LogP) is 4.50. The van der Waals surface area contributed by atoms with Crippen molar-refractivity contribution in [1.29, 1.82) is 0 Å². The summed E-state index contributed by atoms with van der Waals surface area (Å²) in [6, 6.07) is 16.2. The normalized spacial score (nSPS) is 13.2. The minimum Gasteiger partial charge on any atom is -0.361 e. The van der Waals surface area contributed by atoms with Crippen LogP contribution >= 0.6 is 11.3 Å². The molecule has 2 aromatic heterocycles. The van der Waals surface area contributed by atoms with Crippen molar-refractivity contribution < 1.29 is 8.42 Å². The van der Waals surface area contributed by atoms with Crippen molar-refractivity contribution in [2.45, 2.75) is 17.1 Å². The Kier molecular flexibility index (Phi) is 3.94. The number of hydrogen-bond donors (Lipinski definition) is 1. The number of aromatic nitrogens is 2. The van der Waals surface area contributed by atoms with Crippen molar-refractivity contribution in [1.82, 2.24) is 9.97 Å². The fourth-order valence-corrected chi connectivity index (χ4v) is 5.91. The molecule has 0 aliphatic heterocycles. The molecule has 0 radical (unpaired) electrons. The molecule has 1 unspecified atom stereocenters. The van der Waals surface area contributed by atoms with E-state index >= 15 is 0 Å². The SMILES string of the molecule is Cc1csc(C(c2ccc3[nH]ccc3c2)S(=O)(=O)c2ccccc2)n1. The third-order valence-electron chi connectivity index (χ3n) is 4.12. The molecule has 126 valence electrons. The van der Waals surface area contributed by atoms with Gasteiger partial charge in [-0.05, 0) is 48.2 Å². The van der Waals surface area contributed by atoms with Crippen molar-refractivity contribution in [2.75, 3.05) is 0 Å². The van der Waals surface area contributed by atoms with Crippen LogP contribution in [0.4, 0.5) is 0 Å². The van der Waals surface area contributed by atoms with Gasteiger partial charge in [-0.2, -0.15) is 0 Å². The van der Waals surface area contributed by atoms with Gasteiger partial charge in [0.2, 0.25) is 0 Å². The van der Waals surface area contributed by atoms with E-state index in [1.165, 1.54) is 11.3 Å². The average molecular weight is 368 g/mol. The Hall–Kier alpha value is -2.44. The zero-order valence-corrected chi connectivity index (χ0v) is 15.1. The van der Waals surface area contributed by atoms with Crippen molar-refractivity contribution in [3.8, 4) is 0 Å². The molecule has 25 heavy (non-hydrogen) atoms. The number of nitrogens with zero attached hydrogens (tertiary/aromatic N) is 1. The molecule has 4 nitrogen and oxygen atoms in total. The van der Waals surface area contributed by atoms with Crippen LogP contribution in [0.3, 0.4) is 0 Å². The van der Waals surface area contributed by atoms with Gasteiger partial charge in [0.05, 0.1) is 4.90 Å². The number of benzene rings is 2. The van der Waals surface area contributed by atoms with Crippen LogP contribution in [0.5, 0.6) is 0 Å². The van der Waals surface area contributed by atoms with Crippen LogP contribution < -0.4 is 0 Å². The molecule has 0 fully saturated rings. The van der Waals surface area contributed by atoms with Gasteiger partial charge in [-0.1, -0.05) is 24.3 Å². The summed E-state index contributed by atoms with van der Waals surface area (Å²) in [5.74, 6) is 0. The highest BCUT2D eigenvalue weighted by atomic mass is 32.2. The predicted molar refractivity (Wildman–Crippen MR) is 101 cm³/mol. The van der Waals surface area contributed by atoms with Gasteiger partial charge in [0.1, 0.15) is 10.3 Å². The highest BCUT2D eigenvalue weighted by Crippen LogP contribution is 2.37. The first kappa shape index (κ1) is 16.1. The molecule has 0 saturated heterocycles. The van der Waals surface area contributed by atoms with Crippen LogP contribution in [-0.4, -0.2) is 18.4 Å². The summed E-state index contributed by atoms with van der Waals surface area (Å²) in [4.78, 5) is 7.92. The van der Waals surface area contributed by atoms with Gasteiger partial charge in [-0.3, -0.25) is 0 Å². The maximum Gasteiger partial charge on any atom is 0.191 e. The quantitative estimate of drug-likeness (QED) is 0.577. The van der Waals surface area contributed by atoms with Gasteiger partial charge in [-0.15, -0.1) is 11.3 Å². The van der Waals surface area contributed by atoms with E-state index in [-0.39, 0.29) is 0 Å². The number of rotatable bonds is 4. The topological polar surface area (TPSA) is 62.8 Å². The maximum atomic E-state index is 13.4. The summed E-state index contributed by atoms with van der Waals surface area (Å²) in [5, 5.41) is 2.65. The Morgan fingerprint density at radius 1 is 1.08 bits per heavy atom. The van der Waals surface area contributed by atoms with Crippen LogP contribution in [0, 0.1) is 6.92 Å². The fraction of sp³-hybridized carbons (Fsp3) is 0.105. The highest BCUT2D eigenvalue weighted by Gasteiger charge is 2.33. The molecule has 6 heteroatoms. The van der Waals surface area contributed by atoms with Gasteiger partial charge in [0.25, 0.3) is 0 Å². The van der Waals surface area contributed by atoms with Crippen molar-refractivity contribution >= 4 is 32.1 Å². The first-order chi connectivity index (χ1) is 12.1. The molecule has 0 aliphatic rings. The van der Waals surface area contributed by atoms with E-state index in [1.807, 2.05) is 48.8 Å². The Morgan fingerprint density at radius 3 is 2.60 bits per heavy atom. The number of aromatic amines is 1. The molecule has 1 atom stereocenters. The lowest BCUT2D eigenvalue weighted by atomic mass is 10.1. The van der Waals surface area contributed by atoms with E-state index in [0.717, 1.165) is 22.2 Å². The third kappa shape index (κ3) is 2.88. The molecule has 0 amide bonds. The molecule has 2 heterocycles. The Bertz CT molecular complexity index is 1130. The molecular weight excluding hydrogens is 352 g/mol. The van der Waals surface area contributed by atoms with Crippen molar-refractivity contribution in [3.05, 3.63) is 82.4 Å². The first-order valence-electron chi connectivity index (χ1n) is 7.84. The van der Waals surface area contributed by atoms with Crippen LogP contribution in [-0.2, 0) is 9.84 Å². The second-order valence-corrected chi connectivity index (χ2v) is 8.81. The zero-order valence-electron chi connectivity index (χ0n) is 13.5. The lowest BCUT2D eigenvalue weighted by Gasteiger charge is -2.16. The van der Waals surface area contributed by atoms with E-state index in [9.17, 15) is 8.42 Å². The van der Waals surface area contributed by atoms with Gasteiger partial charge < -0.3 is 4.98 Å². The number of fused-ring (bicyclic) bond motifs is 1. The minimum absolute atomic E-state index is 0.307. The summed E-state index contributed by atoms with van der Waals surface area (Å²) in [5.41, 5.74) is 2.54. The lowest BCUT2D eigenvalue weighted by molar-refractivity contribution is 0.589. The number of H-pyrrole nitrogens is 1. The summed E-state index contributed by atoms with van der Waals surface area (Å²) in [7, 11) is -3.61. The Morgan fingerprint density at radius 2 is 1.88 bits per heavy atom. The van der Waals surface area contributed by atoms with Crippen LogP contribution in [0.1, 0.15) is 21.5 Å². The second-order valence-electron chi connectivity index (χ2n) is 5.89. The van der Waals surface area contributed by atoms with E-state index in [2.05, 4.69) is 9.97 Å². The first-order valence-corrected chi connectivity index (χ1v) is 10.3. The highest BCUT2D eigenvalue weighted by molar-refractivity contribution is 7.92. The molecule has 0 spiro atoms. The van der Waals surface area contributed by atoms with Gasteiger partial charge in [0.15, 0.2) is 9.84 Å². The summed E-state index contributed by atoms with van der Waals surface area (Å²) in [6.45, 7) is 1.88. The molecule has 2 aromatic carbocycles. The average Bonchev–Trinajstić information content (AvgIpc) is 3.24. The van der Waals surface area contributed by atoms with Crippen LogP contribution in [0.15, 0.2) is 71.1 Å². The fourth-order valence-electron chi connectivity index (χ4n) is 2.93. The zero-order chi connectivity index (χ0) is 17.4. The van der Waals surface area contributed by atoms with E-state index in [0.29, 0.717) is 9.90 Å². The minimum atomic E-state index is -3.61. The number of hydrogen-bond acceptors (Lipinski definition) is 4. The second kappa shape index (κ2) is 6.13. The van der Waals surface area contributed by atoms with E-state index in [4.69, 9.17) is 0 Å². The van der Waals surface area contributed by atoms with Gasteiger partial charge in [0, 0.05) is 22.8 Å². The molecule has 0 bridgehead atoms. The van der Waals surface area contributed by atoms with Crippen molar-refractivity contribution in [3.63, 3.8) is 0 Å². The van der Waals surface area contributed by atoms with Gasteiger partial charge >= 0.3 is 0 Å². The maximum absolute atomic E-state index is 13.4. The largest absolute Gasteiger partial charge is 0.361 e. The Labute approximate surface area is 150 Å². The Balaban J connectivity index is 1.93. The number of sulfone groups is 1. The summed E-state index contributed by atoms with van der Waals surface area (Å²) < 4.78 is 26.8. The van der Waals surface area contributed by atoms with Gasteiger partial charge in [-0.25, -0.2) is 13.4 Å². The molecule has 4 rings (SSSR count). The molecule has 0 saturated carbocycles. The van der Waals surface area contributed by atoms with Crippen LogP contribution in [0.25, 0.3) is 10.9 Å². The molecule has 0 aliphatic carbocycles. The monoisotopic (exact) mass is 368 g/mol. The van der Waals surface area contributed by atoms with E-state index < -0.39 is 15.1 Å². The number of aryl methyl sites for hydroxylation is 1. The molecule has 4 aromatic rings. The summed E-state index contributed by atoms with van der Waals surface area (Å²) in [6.07, 6.45) is 1.85. The molecular formula is C19H16N2O2S2. The van der Waals surface area contributed by atoms with Crippen molar-refractivity contribution in [2.24, 2.45) is 0 Å². The lowest BCUT2D eigenvalue weighted by Crippen LogP contribution is -2.15. The standard InChI is InChI=1S/C19H16N2O2S2/c1-13-12-24-19(21-13)18(25(22,23)16-5-3-2-4-6-16)15-7-8-17-14(11-15)9-10-20-17/h2-12,18,20H,1H3. The molecule has 1 N–H and O–H groups in total. The summed E-state index contributed by atoms with van der Waals surface area (Å²) >= 11 is 1.38. The van der Waals surface area contributed by atoms with E-state index in [1.54, 1.807) is 24.3 Å². The van der Waals surface area contributed by atoms with Crippen LogP contribution in [0.2, 0.25) is 0 Å². The number of nitrogens with one attached hydrogen (secondary N) is 1. The third-order valence-corrected chi connectivity index (χ3v) is 7.35. The smallest absolute Gasteiger partial charge is 0.191 e. The number of thiazole rings is 1.